The Hall–Kier alpha value is -0.110. The maximum Gasteiger partial charge on any atom is 0.109 e. The molecule has 0 rings (SSSR count). The highest BCUT2D eigenvalue weighted by Gasteiger charge is 2.17. The molecular weight excluding hydrogens is 105 g/mol. The van der Waals surface area contributed by atoms with Crippen LogP contribution >= 0.6 is 0 Å². The quantitative estimate of drug-likeness (QED) is 0.598. The Morgan fingerprint density at radius 3 is 2.25 bits per heavy atom. The van der Waals surface area contributed by atoms with Gasteiger partial charge in [0.05, 0.1) is 0 Å². The van der Waals surface area contributed by atoms with Gasteiger partial charge in [0, 0.05) is 0 Å². The van der Waals surface area contributed by atoms with E-state index in [9.17, 15) is 4.39 Å². The summed E-state index contributed by atoms with van der Waals surface area (Å²) in [4.78, 5) is 0. The van der Waals surface area contributed by atoms with Crippen LogP contribution in [0, 0.1) is 0 Å². The molecule has 50 valence electrons. The highest BCUT2D eigenvalue weighted by molar-refractivity contribution is 4.70. The van der Waals surface area contributed by atoms with Crippen LogP contribution in [0.5, 0.6) is 0 Å². The molecule has 0 aromatic carbocycles. The third-order valence-corrected chi connectivity index (χ3v) is 1.40. The summed E-state index contributed by atoms with van der Waals surface area (Å²) in [5.74, 6) is 0. The van der Waals surface area contributed by atoms with Crippen molar-refractivity contribution in [3.8, 4) is 0 Å². The van der Waals surface area contributed by atoms with Gasteiger partial charge in [-0.25, -0.2) is 4.39 Å². The molecule has 0 aliphatic carbocycles. The van der Waals surface area contributed by atoms with Crippen molar-refractivity contribution in [3.63, 3.8) is 0 Å². The van der Waals surface area contributed by atoms with E-state index in [4.69, 9.17) is 5.73 Å². The van der Waals surface area contributed by atoms with Gasteiger partial charge < -0.3 is 5.73 Å². The Balaban J connectivity index is 3.37. The van der Waals surface area contributed by atoms with Crippen LogP contribution in [-0.4, -0.2) is 12.2 Å². The summed E-state index contributed by atoms with van der Waals surface area (Å²) in [5, 5.41) is 0. The lowest BCUT2D eigenvalue weighted by Crippen LogP contribution is -2.20. The fourth-order valence-corrected chi connectivity index (χ4v) is 0.478. The zero-order chi connectivity index (χ0) is 6.62. The zero-order valence-electron chi connectivity index (χ0n) is 5.58. The van der Waals surface area contributed by atoms with E-state index < -0.39 is 5.67 Å². The third kappa shape index (κ3) is 2.97. The van der Waals surface area contributed by atoms with Gasteiger partial charge in [-0.2, -0.15) is 0 Å². The van der Waals surface area contributed by atoms with E-state index in [2.05, 4.69) is 0 Å². The van der Waals surface area contributed by atoms with Crippen LogP contribution in [0.15, 0.2) is 0 Å². The molecule has 2 N–H and O–H groups in total. The van der Waals surface area contributed by atoms with Crippen LogP contribution in [0.1, 0.15) is 26.7 Å². The Bertz CT molecular complexity index is 61.5. The zero-order valence-corrected chi connectivity index (χ0v) is 5.58. The fraction of sp³-hybridized carbons (Fsp3) is 1.00. The van der Waals surface area contributed by atoms with E-state index in [0.29, 0.717) is 19.4 Å². The van der Waals surface area contributed by atoms with E-state index in [0.717, 1.165) is 0 Å². The third-order valence-electron chi connectivity index (χ3n) is 1.40. The van der Waals surface area contributed by atoms with Gasteiger partial charge in [0.15, 0.2) is 0 Å². The summed E-state index contributed by atoms with van der Waals surface area (Å²) in [6.45, 7) is 3.86. The second-order valence-corrected chi connectivity index (χ2v) is 2.31. The SMILES string of the molecule is CCC(C)(F)CCN. The molecule has 0 amide bonds. The lowest BCUT2D eigenvalue weighted by Gasteiger charge is -2.15. The Kier molecular flexibility index (Phi) is 2.98. The molecule has 1 nitrogen and oxygen atoms in total. The second-order valence-electron chi connectivity index (χ2n) is 2.31. The van der Waals surface area contributed by atoms with Gasteiger partial charge in [-0.1, -0.05) is 6.92 Å². The Morgan fingerprint density at radius 2 is 2.12 bits per heavy atom. The van der Waals surface area contributed by atoms with Crippen molar-refractivity contribution in [2.24, 2.45) is 5.73 Å². The number of alkyl halides is 1. The molecule has 0 fully saturated rings. The van der Waals surface area contributed by atoms with Crippen LogP contribution in [0.4, 0.5) is 4.39 Å². The largest absolute Gasteiger partial charge is 0.330 e. The molecule has 0 heterocycles. The smallest absolute Gasteiger partial charge is 0.109 e. The molecule has 0 bridgehead atoms. The first-order chi connectivity index (χ1) is 3.62. The summed E-state index contributed by atoms with van der Waals surface area (Å²) in [7, 11) is 0. The molecule has 2 heteroatoms. The van der Waals surface area contributed by atoms with Gasteiger partial charge in [0.2, 0.25) is 0 Å². The van der Waals surface area contributed by atoms with Gasteiger partial charge in [-0.15, -0.1) is 0 Å². The predicted octanol–water partition coefficient (Wildman–Crippen LogP) is 1.47. The van der Waals surface area contributed by atoms with Crippen LogP contribution < -0.4 is 5.73 Å². The van der Waals surface area contributed by atoms with Crippen molar-refractivity contribution in [3.05, 3.63) is 0 Å². The lowest BCUT2D eigenvalue weighted by molar-refractivity contribution is 0.172. The maximum atomic E-state index is 12.7. The van der Waals surface area contributed by atoms with Crippen LogP contribution in [0.3, 0.4) is 0 Å². The van der Waals surface area contributed by atoms with Crippen molar-refractivity contribution in [1.29, 1.82) is 0 Å². The van der Waals surface area contributed by atoms with E-state index in [1.165, 1.54) is 0 Å². The van der Waals surface area contributed by atoms with Crippen LogP contribution in [0.2, 0.25) is 0 Å². The Labute approximate surface area is 50.1 Å². The van der Waals surface area contributed by atoms with Crippen LogP contribution in [-0.2, 0) is 0 Å². The summed E-state index contributed by atoms with van der Waals surface area (Å²) < 4.78 is 12.7. The van der Waals surface area contributed by atoms with Crippen molar-refractivity contribution >= 4 is 0 Å². The summed E-state index contributed by atoms with van der Waals surface area (Å²) in [5.41, 5.74) is 4.12. The lowest BCUT2D eigenvalue weighted by atomic mass is 10.0. The van der Waals surface area contributed by atoms with E-state index in [-0.39, 0.29) is 0 Å². The van der Waals surface area contributed by atoms with Crippen molar-refractivity contribution in [1.82, 2.24) is 0 Å². The molecule has 0 aliphatic rings. The molecule has 0 radical (unpaired) electrons. The first-order valence-electron chi connectivity index (χ1n) is 3.01. The van der Waals surface area contributed by atoms with E-state index >= 15 is 0 Å². The van der Waals surface area contributed by atoms with Crippen molar-refractivity contribution in [2.75, 3.05) is 6.54 Å². The minimum absolute atomic E-state index is 0.445. The van der Waals surface area contributed by atoms with Crippen molar-refractivity contribution < 1.29 is 4.39 Å². The highest BCUT2D eigenvalue weighted by Crippen LogP contribution is 2.17. The maximum absolute atomic E-state index is 12.7. The average molecular weight is 119 g/mol. The van der Waals surface area contributed by atoms with E-state index in [1.54, 1.807) is 6.92 Å². The van der Waals surface area contributed by atoms with Crippen LogP contribution in [0.25, 0.3) is 0 Å². The molecule has 1 unspecified atom stereocenters. The standard InChI is InChI=1S/C6H14FN/c1-3-6(2,7)4-5-8/h3-5,8H2,1-2H3. The minimum Gasteiger partial charge on any atom is -0.330 e. The molecule has 0 aliphatic heterocycles. The predicted molar refractivity (Wildman–Crippen MR) is 33.5 cm³/mol. The molecule has 0 aromatic heterocycles. The Morgan fingerprint density at radius 1 is 1.62 bits per heavy atom. The monoisotopic (exact) mass is 119 g/mol. The molecule has 0 saturated carbocycles. The number of nitrogens with two attached hydrogens (primary N) is 1. The van der Waals surface area contributed by atoms with Gasteiger partial charge in [0.25, 0.3) is 0 Å². The molecule has 0 spiro atoms. The molecular formula is C6H14FN. The number of halogens is 1. The van der Waals surface area contributed by atoms with E-state index in [1.807, 2.05) is 6.92 Å². The van der Waals surface area contributed by atoms with Gasteiger partial charge in [-0.3, -0.25) is 0 Å². The molecule has 0 saturated heterocycles. The number of hydrogen-bond acceptors (Lipinski definition) is 1. The van der Waals surface area contributed by atoms with Gasteiger partial charge in [-0.05, 0) is 26.3 Å². The van der Waals surface area contributed by atoms with Crippen molar-refractivity contribution in [2.45, 2.75) is 32.4 Å². The molecule has 1 atom stereocenters. The second kappa shape index (κ2) is 3.02. The molecule has 0 aromatic rings. The van der Waals surface area contributed by atoms with Gasteiger partial charge in [0.1, 0.15) is 5.67 Å². The summed E-state index contributed by atoms with van der Waals surface area (Å²) in [6, 6.07) is 0. The highest BCUT2D eigenvalue weighted by atomic mass is 19.1. The minimum atomic E-state index is -1.03. The topological polar surface area (TPSA) is 26.0 Å². The fourth-order valence-electron chi connectivity index (χ4n) is 0.478. The van der Waals surface area contributed by atoms with Gasteiger partial charge >= 0.3 is 0 Å². The molecule has 8 heavy (non-hydrogen) atoms. The number of rotatable bonds is 3. The normalized spacial score (nSPS) is 18.0. The number of hydrogen-bond donors (Lipinski definition) is 1. The summed E-state index contributed by atoms with van der Waals surface area (Å²) >= 11 is 0. The average Bonchev–Trinajstić information content (AvgIpc) is 1.67. The summed E-state index contributed by atoms with van der Waals surface area (Å²) in [6.07, 6.45) is 1.04. The first-order valence-corrected chi connectivity index (χ1v) is 3.01. The first kappa shape index (κ1) is 7.89.